The molecule has 3 aromatic rings. The summed E-state index contributed by atoms with van der Waals surface area (Å²) in [4.78, 5) is 9.10. The molecule has 0 spiro atoms. The number of aromatic amines is 1. The van der Waals surface area contributed by atoms with Gasteiger partial charge in [0.05, 0.1) is 28.4 Å². The van der Waals surface area contributed by atoms with E-state index >= 15 is 0 Å². The predicted octanol–water partition coefficient (Wildman–Crippen LogP) is 3.20. The zero-order valence-corrected chi connectivity index (χ0v) is 17.0. The van der Waals surface area contributed by atoms with Gasteiger partial charge in [-0.25, -0.2) is 4.52 Å². The Kier molecular flexibility index (Phi) is 6.16. The molecule has 2 N–H and O–H groups in total. The number of H-pyrrole nitrogens is 1. The molecule has 1 aromatic heterocycles. The highest BCUT2D eigenvalue weighted by Gasteiger charge is 2.23. The van der Waals surface area contributed by atoms with Crippen LogP contribution in [0.3, 0.4) is 0 Å². The van der Waals surface area contributed by atoms with Crippen LogP contribution in [-0.2, 0) is 4.57 Å². The molecule has 0 fully saturated rings. The summed E-state index contributed by atoms with van der Waals surface area (Å²) in [7, 11) is 3.14. The van der Waals surface area contributed by atoms with E-state index in [0.29, 0.717) is 45.5 Å². The van der Waals surface area contributed by atoms with Crippen LogP contribution in [0.5, 0.6) is 28.7 Å². The molecule has 0 aliphatic heterocycles. The maximum absolute atomic E-state index is 11.1. The smallest absolute Gasteiger partial charge is 0.493 e. The predicted molar refractivity (Wildman–Crippen MR) is 104 cm³/mol. The molecule has 10 nitrogen and oxygen atoms in total. The molecule has 29 heavy (non-hydrogen) atoms. The average Bonchev–Trinajstić information content (AvgIpc) is 3.22. The van der Waals surface area contributed by atoms with E-state index in [-0.39, 0.29) is 5.75 Å². The highest BCUT2D eigenvalue weighted by atomic mass is 31.1. The van der Waals surface area contributed by atoms with Crippen molar-refractivity contribution in [2.75, 3.05) is 28.4 Å². The summed E-state index contributed by atoms with van der Waals surface area (Å²) < 4.78 is 37.4. The first-order valence-corrected chi connectivity index (χ1v) is 9.39. The maximum atomic E-state index is 11.1. The first-order chi connectivity index (χ1) is 14.0. The van der Waals surface area contributed by atoms with Gasteiger partial charge in [-0.3, -0.25) is 0 Å². The molecule has 0 aliphatic rings. The zero-order valence-electron chi connectivity index (χ0n) is 16.1. The van der Waals surface area contributed by atoms with Crippen molar-refractivity contribution in [1.82, 2.24) is 15.4 Å². The van der Waals surface area contributed by atoms with Crippen molar-refractivity contribution >= 4 is 8.25 Å². The number of hydrogen-bond acceptors (Lipinski definition) is 8. The number of benzene rings is 2. The number of hydrogen-bond donors (Lipinski definition) is 2. The highest BCUT2D eigenvalue weighted by Crippen LogP contribution is 2.43. The van der Waals surface area contributed by atoms with E-state index in [0.717, 1.165) is 0 Å². The molecule has 0 aliphatic carbocycles. The molecule has 1 unspecified atom stereocenters. The summed E-state index contributed by atoms with van der Waals surface area (Å²) in [5.74, 6) is 1.80. The third-order valence-electron chi connectivity index (χ3n) is 4.10. The molecule has 2 aromatic carbocycles. The van der Waals surface area contributed by atoms with E-state index in [1.807, 2.05) is 0 Å². The number of aromatic nitrogens is 3. The zero-order chi connectivity index (χ0) is 21.0. The van der Waals surface area contributed by atoms with E-state index in [1.165, 1.54) is 28.4 Å². The lowest BCUT2D eigenvalue weighted by Crippen LogP contribution is -1.96. The molecule has 1 atom stereocenters. The van der Waals surface area contributed by atoms with Crippen molar-refractivity contribution in [2.24, 2.45) is 0 Å². The topological polar surface area (TPSA) is 125 Å². The van der Waals surface area contributed by atoms with E-state index in [1.54, 1.807) is 30.3 Å². The third kappa shape index (κ3) is 4.08. The minimum Gasteiger partial charge on any atom is -0.493 e. The Balaban J connectivity index is 2.12. The second kappa shape index (κ2) is 8.76. The number of rotatable bonds is 8. The Bertz CT molecular complexity index is 1010. The highest BCUT2D eigenvalue weighted by molar-refractivity contribution is 7.32. The van der Waals surface area contributed by atoms with Crippen LogP contribution in [0, 0.1) is 0 Å². The van der Waals surface area contributed by atoms with Gasteiger partial charge in [0.15, 0.2) is 17.2 Å². The van der Waals surface area contributed by atoms with Crippen LogP contribution in [0.4, 0.5) is 0 Å². The van der Waals surface area contributed by atoms with E-state index in [2.05, 4.69) is 15.4 Å². The first kappa shape index (κ1) is 20.4. The van der Waals surface area contributed by atoms with Crippen LogP contribution in [-0.4, -0.2) is 48.7 Å². The van der Waals surface area contributed by atoms with Crippen LogP contribution in [0.1, 0.15) is 0 Å². The Morgan fingerprint density at radius 2 is 1.34 bits per heavy atom. The quantitative estimate of drug-likeness (QED) is 0.529. The van der Waals surface area contributed by atoms with Gasteiger partial charge in [-0.1, -0.05) is 0 Å². The first-order valence-electron chi connectivity index (χ1n) is 8.26. The lowest BCUT2D eigenvalue weighted by atomic mass is 10.0. The standard InChI is InChI=1S/C18H18N3O7P/c1-24-12-6-5-10(7-13(12)28-29(22)23)16-17(20-21-19-16)11-8-14(25-2)18(27-4)15(9-11)26-3/h5-9H,1-4H3,(H-,19,20,21,22,23)/p+1. The number of methoxy groups -OCH3 is 4. The van der Waals surface area contributed by atoms with Gasteiger partial charge >= 0.3 is 8.25 Å². The lowest BCUT2D eigenvalue weighted by molar-refractivity contribution is 0.324. The third-order valence-corrected chi connectivity index (χ3v) is 4.45. The fourth-order valence-corrected chi connectivity index (χ4v) is 3.14. The summed E-state index contributed by atoms with van der Waals surface area (Å²) in [6.45, 7) is 0. The molecule has 0 bridgehead atoms. The second-order valence-corrected chi connectivity index (χ2v) is 6.29. The van der Waals surface area contributed by atoms with E-state index in [4.69, 9.17) is 28.4 Å². The summed E-state index contributed by atoms with van der Waals surface area (Å²) in [6, 6.07) is 8.37. The van der Waals surface area contributed by atoms with Crippen LogP contribution in [0.15, 0.2) is 30.3 Å². The van der Waals surface area contributed by atoms with Gasteiger partial charge in [-0.15, -0.1) is 4.89 Å². The minimum atomic E-state index is -2.86. The van der Waals surface area contributed by atoms with Crippen molar-refractivity contribution in [2.45, 2.75) is 0 Å². The Hall–Kier alpha value is -3.36. The van der Waals surface area contributed by atoms with Crippen molar-refractivity contribution in [3.8, 4) is 51.3 Å². The molecular formula is C18H19N3O7P+. The monoisotopic (exact) mass is 420 g/mol. The fourth-order valence-electron chi connectivity index (χ4n) is 2.83. The molecule has 0 saturated carbocycles. The Morgan fingerprint density at radius 3 is 1.86 bits per heavy atom. The summed E-state index contributed by atoms with van der Waals surface area (Å²) in [5, 5.41) is 11.0. The molecule has 3 rings (SSSR count). The van der Waals surface area contributed by atoms with E-state index in [9.17, 15) is 4.57 Å². The summed E-state index contributed by atoms with van der Waals surface area (Å²) in [6.07, 6.45) is 0. The number of nitrogens with one attached hydrogen (secondary N) is 1. The molecule has 1 heterocycles. The minimum absolute atomic E-state index is 0.104. The van der Waals surface area contributed by atoms with Crippen molar-refractivity contribution in [1.29, 1.82) is 0 Å². The Labute approximate surface area is 167 Å². The van der Waals surface area contributed by atoms with Crippen molar-refractivity contribution in [3.05, 3.63) is 30.3 Å². The molecule has 0 amide bonds. The number of nitrogens with zero attached hydrogens (tertiary/aromatic N) is 2. The number of ether oxygens (including phenoxy) is 4. The van der Waals surface area contributed by atoms with Crippen molar-refractivity contribution in [3.63, 3.8) is 0 Å². The molecular weight excluding hydrogens is 401 g/mol. The van der Waals surface area contributed by atoms with Gasteiger partial charge in [0.25, 0.3) is 0 Å². The van der Waals surface area contributed by atoms with Crippen LogP contribution < -0.4 is 23.5 Å². The maximum Gasteiger partial charge on any atom is 0.747 e. The SMILES string of the molecule is COc1ccc(-c2n[nH]nc2-c2cc(OC)c(OC)c(OC)c2)cc1O[P+](=O)O. The lowest BCUT2D eigenvalue weighted by Gasteiger charge is -2.13. The average molecular weight is 420 g/mol. The molecule has 0 saturated heterocycles. The normalized spacial score (nSPS) is 11.0. The van der Waals surface area contributed by atoms with Crippen LogP contribution in [0.2, 0.25) is 0 Å². The van der Waals surface area contributed by atoms with Crippen molar-refractivity contribution < 1.29 is 32.9 Å². The molecule has 11 heteroatoms. The van der Waals surface area contributed by atoms with E-state index < -0.39 is 8.25 Å². The Morgan fingerprint density at radius 1 is 0.793 bits per heavy atom. The van der Waals surface area contributed by atoms with Gasteiger partial charge in [-0.05, 0) is 30.3 Å². The fraction of sp³-hybridized carbons (Fsp3) is 0.222. The van der Waals surface area contributed by atoms with Crippen LogP contribution >= 0.6 is 8.25 Å². The largest absolute Gasteiger partial charge is 0.747 e. The summed E-state index contributed by atoms with van der Waals surface area (Å²) in [5.41, 5.74) is 2.25. The molecule has 152 valence electrons. The molecule has 0 radical (unpaired) electrons. The van der Waals surface area contributed by atoms with Gasteiger partial charge < -0.3 is 18.9 Å². The van der Waals surface area contributed by atoms with Gasteiger partial charge in [-0.2, -0.15) is 15.4 Å². The second-order valence-electron chi connectivity index (χ2n) is 5.63. The van der Waals surface area contributed by atoms with Gasteiger partial charge in [0.2, 0.25) is 11.5 Å². The van der Waals surface area contributed by atoms with Crippen LogP contribution in [0.25, 0.3) is 22.5 Å². The summed E-state index contributed by atoms with van der Waals surface area (Å²) >= 11 is 0. The van der Waals surface area contributed by atoms with Gasteiger partial charge in [0, 0.05) is 15.7 Å². The van der Waals surface area contributed by atoms with Gasteiger partial charge in [0.1, 0.15) is 11.4 Å².